The van der Waals surface area contributed by atoms with Gasteiger partial charge in [-0.25, -0.2) is 0 Å². The van der Waals surface area contributed by atoms with Crippen molar-refractivity contribution in [1.29, 1.82) is 0 Å². The Morgan fingerprint density at radius 2 is 1.80 bits per heavy atom. The number of benzene rings is 1. The fraction of sp³-hybridized carbons (Fsp3) is 0.588. The molecule has 1 aromatic rings. The molecule has 0 spiro atoms. The number of carbonyl (C=O) groups excluding carboxylic acids is 1. The molecule has 108 valence electrons. The molecule has 3 heteroatoms. The predicted octanol–water partition coefficient (Wildman–Crippen LogP) is 2.44. The molecule has 1 atom stereocenters. The quantitative estimate of drug-likeness (QED) is 0.887. The van der Waals surface area contributed by atoms with Crippen LogP contribution in [0.1, 0.15) is 43.6 Å². The molecule has 3 rings (SSSR count). The van der Waals surface area contributed by atoms with Crippen LogP contribution in [-0.2, 0) is 4.79 Å². The average molecular weight is 272 g/mol. The summed E-state index contributed by atoms with van der Waals surface area (Å²) in [5.41, 5.74) is 1.46. The van der Waals surface area contributed by atoms with E-state index in [1.54, 1.807) is 0 Å². The number of rotatable bonds is 3. The van der Waals surface area contributed by atoms with E-state index in [-0.39, 0.29) is 11.8 Å². The van der Waals surface area contributed by atoms with E-state index in [0.717, 1.165) is 32.4 Å². The van der Waals surface area contributed by atoms with Gasteiger partial charge < -0.3 is 10.6 Å². The molecular weight excluding hydrogens is 248 g/mol. The molecule has 0 aromatic heterocycles. The van der Waals surface area contributed by atoms with Gasteiger partial charge in [-0.3, -0.25) is 4.79 Å². The van der Waals surface area contributed by atoms with Crippen LogP contribution in [0.4, 0.5) is 0 Å². The minimum Gasteiger partial charge on any atom is -0.353 e. The summed E-state index contributed by atoms with van der Waals surface area (Å²) in [4.78, 5) is 12.1. The maximum atomic E-state index is 12.1. The lowest BCUT2D eigenvalue weighted by molar-refractivity contribution is -0.125. The molecule has 3 nitrogen and oxygen atoms in total. The van der Waals surface area contributed by atoms with Gasteiger partial charge in [0.05, 0.1) is 5.92 Å². The molecule has 1 saturated carbocycles. The van der Waals surface area contributed by atoms with Crippen molar-refractivity contribution in [2.45, 2.75) is 44.1 Å². The second-order valence-electron chi connectivity index (χ2n) is 6.16. The van der Waals surface area contributed by atoms with Crippen LogP contribution < -0.4 is 10.6 Å². The van der Waals surface area contributed by atoms with Gasteiger partial charge >= 0.3 is 0 Å². The minimum atomic E-state index is 0.196. The van der Waals surface area contributed by atoms with Gasteiger partial charge in [0, 0.05) is 12.6 Å². The first kappa shape index (κ1) is 13.6. The van der Waals surface area contributed by atoms with Crippen molar-refractivity contribution in [3.8, 4) is 0 Å². The van der Waals surface area contributed by atoms with Crippen LogP contribution in [0.2, 0.25) is 0 Å². The highest BCUT2D eigenvalue weighted by Crippen LogP contribution is 2.32. The SMILES string of the molecule is O=C(NC1CCC(c2ccccc2)CC1)C1CCNC1. The van der Waals surface area contributed by atoms with Crippen molar-refractivity contribution in [3.05, 3.63) is 35.9 Å². The predicted molar refractivity (Wildman–Crippen MR) is 80.6 cm³/mol. The maximum Gasteiger partial charge on any atom is 0.224 e. The molecule has 20 heavy (non-hydrogen) atoms. The molecule has 2 N–H and O–H groups in total. The summed E-state index contributed by atoms with van der Waals surface area (Å²) in [7, 11) is 0. The zero-order chi connectivity index (χ0) is 13.8. The highest BCUT2D eigenvalue weighted by Gasteiger charge is 2.27. The van der Waals surface area contributed by atoms with Crippen LogP contribution >= 0.6 is 0 Å². The standard InChI is InChI=1S/C17H24N2O/c20-17(15-10-11-18-12-15)19-16-8-6-14(7-9-16)13-4-2-1-3-5-13/h1-5,14-16,18H,6-12H2,(H,19,20). The van der Waals surface area contributed by atoms with E-state index in [1.807, 2.05) is 0 Å². The highest BCUT2D eigenvalue weighted by atomic mass is 16.2. The zero-order valence-corrected chi connectivity index (χ0v) is 12.0. The number of hydrogen-bond donors (Lipinski definition) is 2. The Bertz CT molecular complexity index is 432. The summed E-state index contributed by atoms with van der Waals surface area (Å²) in [5, 5.41) is 6.51. The summed E-state index contributed by atoms with van der Waals surface area (Å²) in [6.45, 7) is 1.84. The molecule has 2 fully saturated rings. The fourth-order valence-electron chi connectivity index (χ4n) is 3.49. The van der Waals surface area contributed by atoms with Crippen molar-refractivity contribution >= 4 is 5.91 Å². The smallest absolute Gasteiger partial charge is 0.224 e. The lowest BCUT2D eigenvalue weighted by atomic mass is 9.81. The second kappa shape index (κ2) is 6.40. The molecular formula is C17H24N2O. The van der Waals surface area contributed by atoms with Gasteiger partial charge in [-0.15, -0.1) is 0 Å². The number of carbonyl (C=O) groups is 1. The molecule has 1 aliphatic heterocycles. The Labute approximate surface area is 121 Å². The minimum absolute atomic E-state index is 0.196. The molecule has 2 aliphatic rings. The Morgan fingerprint density at radius 3 is 2.45 bits per heavy atom. The Balaban J connectivity index is 1.47. The van der Waals surface area contributed by atoms with Crippen molar-refractivity contribution in [1.82, 2.24) is 10.6 Å². The van der Waals surface area contributed by atoms with Crippen molar-refractivity contribution in [2.24, 2.45) is 5.92 Å². The largest absolute Gasteiger partial charge is 0.353 e. The van der Waals surface area contributed by atoms with Crippen LogP contribution in [-0.4, -0.2) is 25.0 Å². The van der Waals surface area contributed by atoms with E-state index in [2.05, 4.69) is 41.0 Å². The highest BCUT2D eigenvalue weighted by molar-refractivity contribution is 5.79. The average Bonchev–Trinajstić information content (AvgIpc) is 3.03. The summed E-state index contributed by atoms with van der Waals surface area (Å²) in [6, 6.07) is 11.2. The third-order valence-electron chi connectivity index (χ3n) is 4.78. The molecule has 1 saturated heterocycles. The molecule has 1 amide bonds. The van der Waals surface area contributed by atoms with Crippen LogP contribution in [0.5, 0.6) is 0 Å². The number of amides is 1. The van der Waals surface area contributed by atoms with Crippen LogP contribution in [0.3, 0.4) is 0 Å². The van der Waals surface area contributed by atoms with E-state index in [9.17, 15) is 4.79 Å². The molecule has 0 bridgehead atoms. The van der Waals surface area contributed by atoms with E-state index < -0.39 is 0 Å². The Kier molecular flexibility index (Phi) is 4.36. The van der Waals surface area contributed by atoms with E-state index >= 15 is 0 Å². The summed E-state index contributed by atoms with van der Waals surface area (Å²) in [6.07, 6.45) is 5.61. The lowest BCUT2D eigenvalue weighted by Gasteiger charge is -2.30. The molecule has 1 aliphatic carbocycles. The Hall–Kier alpha value is -1.35. The van der Waals surface area contributed by atoms with Crippen LogP contribution in [0.25, 0.3) is 0 Å². The molecule has 1 unspecified atom stereocenters. The number of nitrogens with one attached hydrogen (secondary N) is 2. The summed E-state index contributed by atoms with van der Waals surface area (Å²) < 4.78 is 0. The molecule has 1 heterocycles. The fourth-order valence-corrected chi connectivity index (χ4v) is 3.49. The van der Waals surface area contributed by atoms with Crippen molar-refractivity contribution in [2.75, 3.05) is 13.1 Å². The van der Waals surface area contributed by atoms with E-state index in [0.29, 0.717) is 12.0 Å². The summed E-state index contributed by atoms with van der Waals surface area (Å²) >= 11 is 0. The first-order valence-corrected chi connectivity index (χ1v) is 7.89. The molecule has 1 aromatic carbocycles. The topological polar surface area (TPSA) is 41.1 Å². The van der Waals surface area contributed by atoms with Gasteiger partial charge in [-0.2, -0.15) is 0 Å². The first-order valence-electron chi connectivity index (χ1n) is 7.89. The van der Waals surface area contributed by atoms with Gasteiger partial charge in [-0.1, -0.05) is 30.3 Å². The summed E-state index contributed by atoms with van der Waals surface area (Å²) in [5.74, 6) is 1.14. The third-order valence-corrected chi connectivity index (χ3v) is 4.78. The van der Waals surface area contributed by atoms with Crippen LogP contribution in [0, 0.1) is 5.92 Å². The molecule has 0 radical (unpaired) electrons. The van der Waals surface area contributed by atoms with Gasteiger partial charge in [0.1, 0.15) is 0 Å². The van der Waals surface area contributed by atoms with Crippen LogP contribution in [0.15, 0.2) is 30.3 Å². The van der Waals surface area contributed by atoms with Crippen molar-refractivity contribution in [3.63, 3.8) is 0 Å². The van der Waals surface area contributed by atoms with Gasteiger partial charge in [0.25, 0.3) is 0 Å². The van der Waals surface area contributed by atoms with Crippen molar-refractivity contribution < 1.29 is 4.79 Å². The first-order chi connectivity index (χ1) is 9.83. The normalized spacial score (nSPS) is 30.1. The zero-order valence-electron chi connectivity index (χ0n) is 12.0. The van der Waals surface area contributed by atoms with Gasteiger partial charge in [0.15, 0.2) is 0 Å². The monoisotopic (exact) mass is 272 g/mol. The number of hydrogen-bond acceptors (Lipinski definition) is 2. The Morgan fingerprint density at radius 1 is 1.05 bits per heavy atom. The second-order valence-corrected chi connectivity index (χ2v) is 6.16. The van der Waals surface area contributed by atoms with Gasteiger partial charge in [0.2, 0.25) is 5.91 Å². The third kappa shape index (κ3) is 3.21. The van der Waals surface area contributed by atoms with Gasteiger partial charge in [-0.05, 0) is 50.1 Å². The van der Waals surface area contributed by atoms with E-state index in [4.69, 9.17) is 0 Å². The maximum absolute atomic E-state index is 12.1. The van der Waals surface area contributed by atoms with E-state index in [1.165, 1.54) is 18.4 Å². The lowest BCUT2D eigenvalue weighted by Crippen LogP contribution is -2.41.